The maximum absolute atomic E-state index is 13.9. The molecule has 0 unspecified atom stereocenters. The van der Waals surface area contributed by atoms with Gasteiger partial charge in [0.1, 0.15) is 10.7 Å². The third-order valence-corrected chi connectivity index (χ3v) is 5.03. The molecule has 0 aliphatic rings. The van der Waals surface area contributed by atoms with Gasteiger partial charge in [0.15, 0.2) is 0 Å². The zero-order valence-corrected chi connectivity index (χ0v) is 13.6. The highest BCUT2D eigenvalue weighted by Gasteiger charge is 2.31. The Hall–Kier alpha value is -2.55. The SMILES string of the molecule is Cc1ccc(NS(=O)(=O)c2c[nH]c3cc(C(F)(F)F)ccc23)c(F)c1. The van der Waals surface area contributed by atoms with E-state index in [1.807, 2.05) is 0 Å². The van der Waals surface area contributed by atoms with Gasteiger partial charge in [0, 0.05) is 17.1 Å². The predicted octanol–water partition coefficient (Wildman–Crippen LogP) is 4.44. The molecular formula is C16H12F4N2O2S. The molecule has 0 bridgehead atoms. The summed E-state index contributed by atoms with van der Waals surface area (Å²) in [6.07, 6.45) is -3.47. The Kier molecular flexibility index (Phi) is 3.98. The number of nitrogens with one attached hydrogen (secondary N) is 2. The minimum Gasteiger partial charge on any atom is -0.360 e. The number of aromatic amines is 1. The highest BCUT2D eigenvalue weighted by molar-refractivity contribution is 7.93. The van der Waals surface area contributed by atoms with E-state index in [2.05, 4.69) is 9.71 Å². The Labute approximate surface area is 140 Å². The summed E-state index contributed by atoms with van der Waals surface area (Å²) in [4.78, 5) is 2.24. The van der Waals surface area contributed by atoms with Crippen LogP contribution in [0.1, 0.15) is 11.1 Å². The molecule has 0 saturated carbocycles. The number of halogens is 4. The number of benzene rings is 2. The molecule has 0 aliphatic carbocycles. The third kappa shape index (κ3) is 3.32. The van der Waals surface area contributed by atoms with Crippen molar-refractivity contribution < 1.29 is 26.0 Å². The summed E-state index contributed by atoms with van der Waals surface area (Å²) in [5, 5.41) is 0.0769. The van der Waals surface area contributed by atoms with Gasteiger partial charge >= 0.3 is 6.18 Å². The quantitative estimate of drug-likeness (QED) is 0.668. The van der Waals surface area contributed by atoms with Crippen molar-refractivity contribution in [2.24, 2.45) is 0 Å². The van der Waals surface area contributed by atoms with Crippen LogP contribution in [-0.2, 0) is 16.2 Å². The number of aryl methyl sites for hydroxylation is 1. The number of hydrogen-bond acceptors (Lipinski definition) is 2. The van der Waals surface area contributed by atoms with Crippen LogP contribution in [0.5, 0.6) is 0 Å². The summed E-state index contributed by atoms with van der Waals surface area (Å²) in [7, 11) is -4.18. The van der Waals surface area contributed by atoms with Crippen molar-refractivity contribution in [2.45, 2.75) is 18.0 Å². The average Bonchev–Trinajstić information content (AvgIpc) is 2.93. The number of H-pyrrole nitrogens is 1. The van der Waals surface area contributed by atoms with Crippen molar-refractivity contribution >= 4 is 26.6 Å². The monoisotopic (exact) mass is 372 g/mol. The fourth-order valence-electron chi connectivity index (χ4n) is 2.40. The standard InChI is InChI=1S/C16H12F4N2O2S/c1-9-2-5-13(12(17)6-9)22-25(23,24)15-8-21-14-7-10(16(18,19)20)3-4-11(14)15/h2-8,21-22H,1H3. The molecule has 1 heterocycles. The van der Waals surface area contributed by atoms with Gasteiger partial charge in [-0.2, -0.15) is 13.2 Å². The van der Waals surface area contributed by atoms with Crippen LogP contribution < -0.4 is 4.72 Å². The molecule has 0 atom stereocenters. The lowest BCUT2D eigenvalue weighted by Crippen LogP contribution is -2.13. The minimum atomic E-state index is -4.54. The summed E-state index contributed by atoms with van der Waals surface area (Å²) in [5.41, 5.74) is -0.512. The van der Waals surface area contributed by atoms with Crippen molar-refractivity contribution in [1.29, 1.82) is 0 Å². The molecule has 3 rings (SSSR count). The summed E-state index contributed by atoms with van der Waals surface area (Å²) < 4.78 is 79.1. The van der Waals surface area contributed by atoms with Crippen LogP contribution in [0, 0.1) is 12.7 Å². The van der Waals surface area contributed by atoms with E-state index in [9.17, 15) is 26.0 Å². The molecule has 2 aromatic carbocycles. The highest BCUT2D eigenvalue weighted by Crippen LogP contribution is 2.33. The van der Waals surface area contributed by atoms with Crippen molar-refractivity contribution in [1.82, 2.24) is 4.98 Å². The van der Waals surface area contributed by atoms with Gasteiger partial charge in [-0.05, 0) is 36.8 Å². The lowest BCUT2D eigenvalue weighted by Gasteiger charge is -2.09. The van der Waals surface area contributed by atoms with E-state index in [-0.39, 0.29) is 21.5 Å². The Balaban J connectivity index is 2.03. The molecule has 2 N–H and O–H groups in total. The van der Waals surface area contributed by atoms with Crippen molar-refractivity contribution in [2.75, 3.05) is 4.72 Å². The van der Waals surface area contributed by atoms with Crippen LogP contribution in [0.2, 0.25) is 0 Å². The number of fused-ring (bicyclic) bond motifs is 1. The largest absolute Gasteiger partial charge is 0.416 e. The van der Waals surface area contributed by atoms with E-state index in [1.54, 1.807) is 6.92 Å². The Morgan fingerprint density at radius 1 is 1.08 bits per heavy atom. The Morgan fingerprint density at radius 3 is 2.44 bits per heavy atom. The van der Waals surface area contributed by atoms with Gasteiger partial charge in [-0.25, -0.2) is 12.8 Å². The van der Waals surface area contributed by atoms with Crippen molar-refractivity contribution in [3.63, 3.8) is 0 Å². The van der Waals surface area contributed by atoms with Crippen LogP contribution in [-0.4, -0.2) is 13.4 Å². The molecule has 132 valence electrons. The predicted molar refractivity (Wildman–Crippen MR) is 85.2 cm³/mol. The van der Waals surface area contributed by atoms with Gasteiger partial charge < -0.3 is 4.98 Å². The topological polar surface area (TPSA) is 62.0 Å². The van der Waals surface area contributed by atoms with E-state index in [1.165, 1.54) is 18.2 Å². The lowest BCUT2D eigenvalue weighted by atomic mass is 10.1. The maximum Gasteiger partial charge on any atom is 0.416 e. The summed E-state index contributed by atoms with van der Waals surface area (Å²) in [6.45, 7) is 1.65. The molecule has 25 heavy (non-hydrogen) atoms. The average molecular weight is 372 g/mol. The zero-order valence-electron chi connectivity index (χ0n) is 12.8. The Morgan fingerprint density at radius 2 is 1.80 bits per heavy atom. The first-order valence-corrected chi connectivity index (χ1v) is 8.53. The molecule has 0 saturated heterocycles. The first-order chi connectivity index (χ1) is 11.6. The van der Waals surface area contributed by atoms with Gasteiger partial charge in [0.2, 0.25) is 0 Å². The van der Waals surface area contributed by atoms with Gasteiger partial charge in [-0.15, -0.1) is 0 Å². The fourth-order valence-corrected chi connectivity index (χ4v) is 3.65. The molecule has 9 heteroatoms. The van der Waals surface area contributed by atoms with Crippen LogP contribution >= 0.6 is 0 Å². The highest BCUT2D eigenvalue weighted by atomic mass is 32.2. The van der Waals surface area contributed by atoms with E-state index in [4.69, 9.17) is 0 Å². The number of alkyl halides is 3. The van der Waals surface area contributed by atoms with Crippen LogP contribution in [0.3, 0.4) is 0 Å². The number of rotatable bonds is 3. The second kappa shape index (κ2) is 5.76. The molecule has 4 nitrogen and oxygen atoms in total. The van der Waals surface area contributed by atoms with Gasteiger partial charge in [0.05, 0.1) is 11.3 Å². The van der Waals surface area contributed by atoms with Crippen LogP contribution in [0.4, 0.5) is 23.2 Å². The first kappa shape index (κ1) is 17.3. The molecule has 0 spiro atoms. The molecule has 1 aromatic heterocycles. The fraction of sp³-hybridized carbons (Fsp3) is 0.125. The minimum absolute atomic E-state index is 0.0135. The van der Waals surface area contributed by atoms with Crippen LogP contribution in [0.25, 0.3) is 10.9 Å². The molecule has 0 radical (unpaired) electrons. The number of aromatic nitrogens is 1. The van der Waals surface area contributed by atoms with E-state index in [0.29, 0.717) is 5.56 Å². The summed E-state index contributed by atoms with van der Waals surface area (Å²) >= 11 is 0. The van der Waals surface area contributed by atoms with Gasteiger partial charge in [0.25, 0.3) is 10.0 Å². The van der Waals surface area contributed by atoms with E-state index in [0.717, 1.165) is 24.4 Å². The summed E-state index contributed by atoms with van der Waals surface area (Å²) in [5.74, 6) is -0.747. The lowest BCUT2D eigenvalue weighted by molar-refractivity contribution is -0.137. The van der Waals surface area contributed by atoms with Gasteiger partial charge in [-0.1, -0.05) is 12.1 Å². The molecular weight excluding hydrogens is 360 g/mol. The molecule has 0 fully saturated rings. The zero-order chi connectivity index (χ0) is 18.4. The number of sulfonamides is 1. The van der Waals surface area contributed by atoms with Crippen molar-refractivity contribution in [3.05, 3.63) is 59.5 Å². The molecule has 0 amide bonds. The number of anilines is 1. The normalized spacial score (nSPS) is 12.5. The second-order valence-electron chi connectivity index (χ2n) is 5.50. The first-order valence-electron chi connectivity index (χ1n) is 7.05. The van der Waals surface area contributed by atoms with Gasteiger partial charge in [-0.3, -0.25) is 4.72 Å². The third-order valence-electron chi connectivity index (χ3n) is 3.63. The smallest absolute Gasteiger partial charge is 0.360 e. The molecule has 0 aliphatic heterocycles. The van der Waals surface area contributed by atoms with Crippen LogP contribution in [0.15, 0.2) is 47.5 Å². The second-order valence-corrected chi connectivity index (χ2v) is 7.15. The van der Waals surface area contributed by atoms with E-state index < -0.39 is 27.6 Å². The Bertz CT molecular complexity index is 1060. The number of hydrogen-bond donors (Lipinski definition) is 2. The van der Waals surface area contributed by atoms with Crippen molar-refractivity contribution in [3.8, 4) is 0 Å². The van der Waals surface area contributed by atoms with E-state index >= 15 is 0 Å². The molecule has 3 aromatic rings. The summed E-state index contributed by atoms with van der Waals surface area (Å²) in [6, 6.07) is 6.66. The maximum atomic E-state index is 13.9.